The van der Waals surface area contributed by atoms with E-state index in [0.29, 0.717) is 17.9 Å². The molecule has 1 aliphatic rings. The summed E-state index contributed by atoms with van der Waals surface area (Å²) in [5.74, 6) is 1.02. The second kappa shape index (κ2) is 6.49. The van der Waals surface area contributed by atoms with Crippen LogP contribution in [0.2, 0.25) is 0 Å². The predicted molar refractivity (Wildman–Crippen MR) is 86.1 cm³/mol. The van der Waals surface area contributed by atoms with Crippen molar-refractivity contribution < 1.29 is 13.2 Å². The molecule has 1 unspecified atom stereocenters. The first-order valence-corrected chi connectivity index (χ1v) is 10.4. The van der Waals surface area contributed by atoms with Crippen LogP contribution >= 0.6 is 27.7 Å². The van der Waals surface area contributed by atoms with E-state index < -0.39 is 15.2 Å². The summed E-state index contributed by atoms with van der Waals surface area (Å²) in [5, 5.41) is 0.0120. The Kier molecular flexibility index (Phi) is 5.14. The van der Waals surface area contributed by atoms with E-state index in [1.165, 1.54) is 11.2 Å². The minimum absolute atomic E-state index is 0.207. The Balaban J connectivity index is 2.25. The zero-order chi connectivity index (χ0) is 14.8. The Morgan fingerprint density at radius 1 is 1.40 bits per heavy atom. The van der Waals surface area contributed by atoms with Crippen LogP contribution in [0, 0.1) is 0 Å². The number of alkyl halides is 1. The SMILES string of the molecule is CS(=O)(=O)C1CSCCN1C(=O)c1ccc(CBr)cc1. The van der Waals surface area contributed by atoms with Crippen LogP contribution in [0.25, 0.3) is 0 Å². The molecule has 20 heavy (non-hydrogen) atoms. The molecule has 4 nitrogen and oxygen atoms in total. The van der Waals surface area contributed by atoms with Crippen LogP contribution in [-0.2, 0) is 15.2 Å². The maximum atomic E-state index is 12.5. The highest BCUT2D eigenvalue weighted by Crippen LogP contribution is 2.22. The minimum Gasteiger partial charge on any atom is -0.320 e. The molecule has 0 aromatic heterocycles. The Labute approximate surface area is 132 Å². The van der Waals surface area contributed by atoms with Gasteiger partial charge in [-0.1, -0.05) is 28.1 Å². The highest BCUT2D eigenvalue weighted by atomic mass is 79.9. The largest absolute Gasteiger partial charge is 0.320 e. The van der Waals surface area contributed by atoms with E-state index in [1.807, 2.05) is 12.1 Å². The maximum Gasteiger partial charge on any atom is 0.254 e. The fourth-order valence-electron chi connectivity index (χ4n) is 2.07. The first-order chi connectivity index (χ1) is 9.43. The number of carbonyl (C=O) groups is 1. The summed E-state index contributed by atoms with van der Waals surface area (Å²) >= 11 is 4.93. The van der Waals surface area contributed by atoms with Crippen molar-refractivity contribution in [3.05, 3.63) is 35.4 Å². The summed E-state index contributed by atoms with van der Waals surface area (Å²) in [6.07, 6.45) is 1.19. The number of thioether (sulfide) groups is 1. The molecule has 0 radical (unpaired) electrons. The average Bonchev–Trinajstić information content (AvgIpc) is 2.46. The number of amides is 1. The summed E-state index contributed by atoms with van der Waals surface area (Å²) in [6.45, 7) is 0.474. The van der Waals surface area contributed by atoms with Gasteiger partial charge in [-0.05, 0) is 17.7 Å². The quantitative estimate of drug-likeness (QED) is 0.757. The van der Waals surface area contributed by atoms with Crippen molar-refractivity contribution in [3.8, 4) is 0 Å². The number of halogens is 1. The van der Waals surface area contributed by atoms with Crippen molar-refractivity contribution in [2.45, 2.75) is 10.7 Å². The highest BCUT2D eigenvalue weighted by molar-refractivity contribution is 9.08. The van der Waals surface area contributed by atoms with Crippen molar-refractivity contribution in [3.63, 3.8) is 0 Å². The van der Waals surface area contributed by atoms with Crippen LogP contribution in [0.4, 0.5) is 0 Å². The van der Waals surface area contributed by atoms with E-state index in [2.05, 4.69) is 15.9 Å². The van der Waals surface area contributed by atoms with Crippen molar-refractivity contribution in [1.82, 2.24) is 4.90 Å². The monoisotopic (exact) mass is 377 g/mol. The van der Waals surface area contributed by atoms with Crippen molar-refractivity contribution in [2.24, 2.45) is 0 Å². The number of hydrogen-bond acceptors (Lipinski definition) is 4. The second-order valence-corrected chi connectivity index (χ2v) is 8.60. The third kappa shape index (κ3) is 3.56. The summed E-state index contributed by atoms with van der Waals surface area (Å²) in [6, 6.07) is 7.24. The van der Waals surface area contributed by atoms with Crippen LogP contribution in [-0.4, -0.2) is 48.9 Å². The molecule has 0 spiro atoms. The van der Waals surface area contributed by atoms with Gasteiger partial charge in [0.15, 0.2) is 9.84 Å². The molecule has 2 rings (SSSR count). The maximum absolute atomic E-state index is 12.5. The second-order valence-electron chi connectivity index (χ2n) is 4.69. The number of sulfone groups is 1. The topological polar surface area (TPSA) is 54.5 Å². The molecule has 1 amide bonds. The number of nitrogens with zero attached hydrogens (tertiary/aromatic N) is 1. The van der Waals surface area contributed by atoms with Gasteiger partial charge in [-0.2, -0.15) is 11.8 Å². The fraction of sp³-hybridized carbons (Fsp3) is 0.462. The molecule has 0 bridgehead atoms. The summed E-state index contributed by atoms with van der Waals surface area (Å²) in [4.78, 5) is 14.0. The van der Waals surface area contributed by atoms with Gasteiger partial charge in [-0.25, -0.2) is 8.42 Å². The first-order valence-electron chi connectivity index (χ1n) is 6.16. The van der Waals surface area contributed by atoms with E-state index in [-0.39, 0.29) is 5.91 Å². The van der Waals surface area contributed by atoms with Crippen LogP contribution in [0.1, 0.15) is 15.9 Å². The highest BCUT2D eigenvalue weighted by Gasteiger charge is 2.34. The Morgan fingerprint density at radius 3 is 2.60 bits per heavy atom. The molecule has 1 aromatic carbocycles. The first kappa shape index (κ1) is 15.9. The van der Waals surface area contributed by atoms with E-state index in [4.69, 9.17) is 0 Å². The van der Waals surface area contributed by atoms with Gasteiger partial charge < -0.3 is 4.90 Å². The van der Waals surface area contributed by atoms with Crippen LogP contribution in [0.3, 0.4) is 0 Å². The lowest BCUT2D eigenvalue weighted by atomic mass is 10.1. The van der Waals surface area contributed by atoms with Crippen molar-refractivity contribution >= 4 is 43.4 Å². The third-order valence-electron chi connectivity index (χ3n) is 3.19. The molecule has 0 aliphatic carbocycles. The lowest BCUT2D eigenvalue weighted by molar-refractivity contribution is 0.0749. The van der Waals surface area contributed by atoms with E-state index >= 15 is 0 Å². The summed E-state index contributed by atoms with van der Waals surface area (Å²) < 4.78 is 23.6. The van der Waals surface area contributed by atoms with Gasteiger partial charge in [0, 0.05) is 35.2 Å². The average molecular weight is 378 g/mol. The smallest absolute Gasteiger partial charge is 0.254 e. The molecule has 7 heteroatoms. The number of rotatable bonds is 3. The van der Waals surface area contributed by atoms with Gasteiger partial charge in [0.05, 0.1) is 0 Å². The van der Waals surface area contributed by atoms with Crippen molar-refractivity contribution in [2.75, 3.05) is 24.3 Å². The van der Waals surface area contributed by atoms with E-state index in [9.17, 15) is 13.2 Å². The lowest BCUT2D eigenvalue weighted by Crippen LogP contribution is -2.49. The summed E-state index contributed by atoms with van der Waals surface area (Å²) in [5.41, 5.74) is 1.62. The number of benzene rings is 1. The Bertz CT molecular complexity index is 586. The van der Waals surface area contributed by atoms with Crippen LogP contribution in [0.5, 0.6) is 0 Å². The molecule has 1 saturated heterocycles. The van der Waals surface area contributed by atoms with Gasteiger partial charge in [-0.15, -0.1) is 0 Å². The van der Waals surface area contributed by atoms with Gasteiger partial charge in [0.1, 0.15) is 5.37 Å². The molecule has 1 aromatic rings. The molecular formula is C13H16BrNO3S2. The molecule has 1 aliphatic heterocycles. The van der Waals surface area contributed by atoms with Gasteiger partial charge >= 0.3 is 0 Å². The number of hydrogen-bond donors (Lipinski definition) is 0. The predicted octanol–water partition coefficient (Wildman–Crippen LogP) is 2.14. The van der Waals surface area contributed by atoms with Gasteiger partial charge in [0.2, 0.25) is 0 Å². The van der Waals surface area contributed by atoms with E-state index in [0.717, 1.165) is 16.6 Å². The third-order valence-corrected chi connectivity index (χ3v) is 6.49. The Hall–Kier alpha value is -0.530. The zero-order valence-electron chi connectivity index (χ0n) is 11.1. The molecule has 110 valence electrons. The molecule has 1 heterocycles. The summed E-state index contributed by atoms with van der Waals surface area (Å²) in [7, 11) is -3.26. The van der Waals surface area contributed by atoms with Gasteiger partial charge in [0.25, 0.3) is 5.91 Å². The molecule has 1 atom stereocenters. The molecule has 0 saturated carbocycles. The standard InChI is InChI=1S/C13H16BrNO3S2/c1-20(17,18)12-9-19-7-6-15(12)13(16)11-4-2-10(8-14)3-5-11/h2-5,12H,6-9H2,1H3. The lowest BCUT2D eigenvalue weighted by Gasteiger charge is -2.34. The molecular weight excluding hydrogens is 362 g/mol. The molecule has 1 fully saturated rings. The normalized spacial score (nSPS) is 19.9. The zero-order valence-corrected chi connectivity index (χ0v) is 14.3. The van der Waals surface area contributed by atoms with Crippen LogP contribution < -0.4 is 0 Å². The fourth-order valence-corrected chi connectivity index (χ4v) is 5.26. The van der Waals surface area contributed by atoms with Crippen molar-refractivity contribution in [1.29, 1.82) is 0 Å². The minimum atomic E-state index is -3.26. The molecule has 0 N–H and O–H groups in total. The Morgan fingerprint density at radius 2 is 2.05 bits per heavy atom. The van der Waals surface area contributed by atoms with Crippen LogP contribution in [0.15, 0.2) is 24.3 Å². The van der Waals surface area contributed by atoms with E-state index in [1.54, 1.807) is 23.9 Å². The number of carbonyl (C=O) groups excluding carboxylic acids is 1. The van der Waals surface area contributed by atoms with Gasteiger partial charge in [-0.3, -0.25) is 4.79 Å².